The Kier molecular flexibility index (Phi) is 4.62. The van der Waals surface area contributed by atoms with Crippen LogP contribution in [0.25, 0.3) is 22.3 Å². The first-order valence-electron chi connectivity index (χ1n) is 9.64. The molecule has 1 saturated carbocycles. The van der Waals surface area contributed by atoms with Crippen LogP contribution in [-0.2, 0) is 14.6 Å². The summed E-state index contributed by atoms with van der Waals surface area (Å²) in [7, 11) is -3.01. The maximum Gasteiger partial charge on any atom is 0.230 e. The summed E-state index contributed by atoms with van der Waals surface area (Å²) in [5.41, 5.74) is 2.06. The van der Waals surface area contributed by atoms with E-state index in [9.17, 15) is 13.2 Å². The van der Waals surface area contributed by atoms with Gasteiger partial charge in [0.05, 0.1) is 17.3 Å². The van der Waals surface area contributed by atoms with Gasteiger partial charge in [0.25, 0.3) is 0 Å². The number of carbonyl (C=O) groups excluding carboxylic acids is 1. The maximum atomic E-state index is 12.3. The number of thioether (sulfide) groups is 1. The van der Waals surface area contributed by atoms with Crippen molar-refractivity contribution in [2.45, 2.75) is 36.5 Å². The number of nitrogens with one attached hydrogen (secondary N) is 2. The Morgan fingerprint density at radius 1 is 1.24 bits per heavy atom. The van der Waals surface area contributed by atoms with Crippen LogP contribution in [0.15, 0.2) is 35.6 Å². The van der Waals surface area contributed by atoms with E-state index in [-0.39, 0.29) is 29.2 Å². The highest BCUT2D eigenvalue weighted by Gasteiger charge is 2.32. The Morgan fingerprint density at radius 2 is 2.07 bits per heavy atom. The predicted molar refractivity (Wildman–Crippen MR) is 112 cm³/mol. The summed E-state index contributed by atoms with van der Waals surface area (Å²) >= 11 is 1.35. The normalized spacial score (nSPS) is 20.9. The number of fused-ring (bicyclic) bond motifs is 1. The van der Waals surface area contributed by atoms with Gasteiger partial charge < -0.3 is 10.3 Å². The first-order valence-corrected chi connectivity index (χ1v) is 12.4. The average Bonchev–Trinajstić information content (AvgIpc) is 3.15. The summed E-state index contributed by atoms with van der Waals surface area (Å²) in [5.74, 6) is 1.02. The van der Waals surface area contributed by atoms with Gasteiger partial charge >= 0.3 is 0 Å². The zero-order valence-electron chi connectivity index (χ0n) is 15.7. The van der Waals surface area contributed by atoms with Gasteiger partial charge in [-0.25, -0.2) is 8.42 Å². The van der Waals surface area contributed by atoms with Crippen LogP contribution in [0.3, 0.4) is 0 Å². The largest absolute Gasteiger partial charge is 0.360 e. The average molecular weight is 432 g/mol. The first kappa shape index (κ1) is 18.7. The molecular formula is C19H21N5O3S2. The zero-order valence-corrected chi connectivity index (χ0v) is 17.3. The second kappa shape index (κ2) is 7.17. The molecule has 3 aromatic rings. The number of hydrogen-bond acceptors (Lipinski definition) is 6. The van der Waals surface area contributed by atoms with Crippen molar-refractivity contribution < 1.29 is 13.2 Å². The van der Waals surface area contributed by atoms with Crippen molar-refractivity contribution in [1.82, 2.24) is 25.1 Å². The topological polar surface area (TPSA) is 110 Å². The third-order valence-electron chi connectivity index (χ3n) is 5.34. The van der Waals surface area contributed by atoms with Crippen LogP contribution < -0.4 is 5.32 Å². The van der Waals surface area contributed by atoms with Gasteiger partial charge in [-0.2, -0.15) is 0 Å². The summed E-state index contributed by atoms with van der Waals surface area (Å²) in [6.07, 6.45) is 4.59. The minimum Gasteiger partial charge on any atom is -0.360 e. The number of benzene rings is 1. The van der Waals surface area contributed by atoms with E-state index >= 15 is 0 Å². The molecule has 0 bridgehead atoms. The second-order valence-corrected chi connectivity index (χ2v) is 10.8. The van der Waals surface area contributed by atoms with Crippen molar-refractivity contribution in [3.8, 4) is 11.4 Å². The summed E-state index contributed by atoms with van der Waals surface area (Å²) in [4.78, 5) is 15.6. The first-order chi connectivity index (χ1) is 14.0. The molecule has 2 fully saturated rings. The summed E-state index contributed by atoms with van der Waals surface area (Å²) in [6.45, 7) is 0. The number of rotatable bonds is 6. The van der Waals surface area contributed by atoms with Crippen molar-refractivity contribution in [2.24, 2.45) is 0 Å². The fourth-order valence-corrected chi connectivity index (χ4v) is 6.28. The minimum atomic E-state index is -3.01. The predicted octanol–water partition coefficient (Wildman–Crippen LogP) is 2.16. The summed E-state index contributed by atoms with van der Waals surface area (Å²) < 4.78 is 25.2. The molecule has 1 atom stereocenters. The third-order valence-corrected chi connectivity index (χ3v) is 8.05. The minimum absolute atomic E-state index is 0.0341. The zero-order chi connectivity index (χ0) is 20.0. The molecule has 2 aromatic heterocycles. The number of aromatic nitrogens is 4. The number of para-hydroxylation sites is 1. The SMILES string of the molecule is O=C(CSc1nnc(-c2c[nH]c3ccccc23)n1C1CC1)N[C@@H]1CCS(=O)(=O)C1. The number of H-pyrrole nitrogens is 1. The van der Waals surface area contributed by atoms with Gasteiger partial charge in [0.1, 0.15) is 0 Å². The smallest absolute Gasteiger partial charge is 0.230 e. The molecule has 0 unspecified atom stereocenters. The van der Waals surface area contributed by atoms with Gasteiger partial charge in [0.2, 0.25) is 5.91 Å². The van der Waals surface area contributed by atoms with Crippen molar-refractivity contribution >= 4 is 38.4 Å². The number of aromatic amines is 1. The molecule has 3 heterocycles. The molecule has 1 saturated heterocycles. The number of sulfone groups is 1. The molecule has 1 aliphatic heterocycles. The van der Waals surface area contributed by atoms with Gasteiger partial charge in [-0.3, -0.25) is 9.36 Å². The molecule has 10 heteroatoms. The van der Waals surface area contributed by atoms with Crippen LogP contribution in [0.4, 0.5) is 0 Å². The number of amides is 1. The van der Waals surface area contributed by atoms with E-state index in [0.717, 1.165) is 40.3 Å². The van der Waals surface area contributed by atoms with Gasteiger partial charge in [-0.05, 0) is 25.3 Å². The number of hydrogen-bond donors (Lipinski definition) is 2. The maximum absolute atomic E-state index is 12.3. The highest BCUT2D eigenvalue weighted by Crippen LogP contribution is 2.42. The van der Waals surface area contributed by atoms with Gasteiger partial charge in [0.15, 0.2) is 20.8 Å². The highest BCUT2D eigenvalue weighted by atomic mass is 32.2. The molecule has 8 nitrogen and oxygen atoms in total. The van der Waals surface area contributed by atoms with E-state index in [2.05, 4.69) is 31.1 Å². The summed E-state index contributed by atoms with van der Waals surface area (Å²) in [5, 5.41) is 13.4. The molecule has 152 valence electrons. The lowest BCUT2D eigenvalue weighted by Gasteiger charge is -2.11. The van der Waals surface area contributed by atoms with E-state index in [1.807, 2.05) is 24.4 Å². The monoisotopic (exact) mass is 431 g/mol. The third kappa shape index (κ3) is 3.78. The van der Waals surface area contributed by atoms with Crippen molar-refractivity contribution in [3.63, 3.8) is 0 Å². The molecule has 1 aromatic carbocycles. The quantitative estimate of drug-likeness (QED) is 0.579. The molecular weight excluding hydrogens is 410 g/mol. The lowest BCUT2D eigenvalue weighted by Crippen LogP contribution is -2.36. The molecule has 5 rings (SSSR count). The second-order valence-electron chi connectivity index (χ2n) is 7.61. The van der Waals surface area contributed by atoms with E-state index in [4.69, 9.17) is 0 Å². The fraction of sp³-hybridized carbons (Fsp3) is 0.421. The van der Waals surface area contributed by atoms with Crippen LogP contribution in [0.2, 0.25) is 0 Å². The van der Waals surface area contributed by atoms with Crippen molar-refractivity contribution in [2.75, 3.05) is 17.3 Å². The van der Waals surface area contributed by atoms with Crippen molar-refractivity contribution in [3.05, 3.63) is 30.5 Å². The Bertz CT molecular complexity index is 1180. The standard InChI is InChI=1S/C19H21N5O3S2/c25-17(21-12-7-8-29(26,27)11-12)10-28-19-23-22-18(24(19)13-5-6-13)15-9-20-16-4-2-1-3-14(15)16/h1-4,9,12-13,20H,5-8,10-11H2,(H,21,25)/t12-/m1/s1. The Balaban J connectivity index is 1.33. The lowest BCUT2D eigenvalue weighted by atomic mass is 10.1. The van der Waals surface area contributed by atoms with Crippen LogP contribution in [0.5, 0.6) is 0 Å². The van der Waals surface area contributed by atoms with Gasteiger partial charge in [-0.1, -0.05) is 30.0 Å². The molecule has 2 N–H and O–H groups in total. The Labute approximate surface area is 172 Å². The van der Waals surface area contributed by atoms with E-state index in [0.29, 0.717) is 12.5 Å². The highest BCUT2D eigenvalue weighted by molar-refractivity contribution is 7.99. The van der Waals surface area contributed by atoms with Crippen LogP contribution in [0, 0.1) is 0 Å². The van der Waals surface area contributed by atoms with Gasteiger partial charge in [-0.15, -0.1) is 10.2 Å². The number of carbonyl (C=O) groups is 1. The fourth-order valence-electron chi connectivity index (χ4n) is 3.79. The molecule has 1 amide bonds. The molecule has 0 spiro atoms. The Hall–Kier alpha value is -2.33. The molecule has 2 aliphatic rings. The Morgan fingerprint density at radius 3 is 2.83 bits per heavy atom. The van der Waals surface area contributed by atoms with E-state index < -0.39 is 9.84 Å². The van der Waals surface area contributed by atoms with Crippen molar-refractivity contribution in [1.29, 1.82) is 0 Å². The molecule has 29 heavy (non-hydrogen) atoms. The number of nitrogens with zero attached hydrogens (tertiary/aromatic N) is 3. The van der Waals surface area contributed by atoms with E-state index in [1.54, 1.807) is 0 Å². The van der Waals surface area contributed by atoms with Crippen LogP contribution in [-0.4, -0.2) is 57.4 Å². The van der Waals surface area contributed by atoms with Crippen LogP contribution in [0.1, 0.15) is 25.3 Å². The molecule has 0 radical (unpaired) electrons. The van der Waals surface area contributed by atoms with Crippen LogP contribution >= 0.6 is 11.8 Å². The lowest BCUT2D eigenvalue weighted by molar-refractivity contribution is -0.119. The van der Waals surface area contributed by atoms with Gasteiger partial charge in [0, 0.05) is 34.7 Å². The molecule has 1 aliphatic carbocycles. The van der Waals surface area contributed by atoms with E-state index in [1.165, 1.54) is 11.8 Å². The summed E-state index contributed by atoms with van der Waals surface area (Å²) in [6, 6.07) is 8.16.